The van der Waals surface area contributed by atoms with Crippen molar-refractivity contribution in [1.29, 1.82) is 0 Å². The number of rotatable bonds is 6. The zero-order valence-corrected chi connectivity index (χ0v) is 16.5. The van der Waals surface area contributed by atoms with Gasteiger partial charge in [-0.05, 0) is 32.6 Å². The molecule has 0 aliphatic heterocycles. The Labute approximate surface area is 164 Å². The van der Waals surface area contributed by atoms with Gasteiger partial charge in [0.15, 0.2) is 11.5 Å². The van der Waals surface area contributed by atoms with Gasteiger partial charge in [-0.15, -0.1) is 0 Å². The number of aryl methyl sites for hydroxylation is 1. The second-order valence-electron chi connectivity index (χ2n) is 7.38. The molecule has 1 atom stereocenters. The quantitative estimate of drug-likeness (QED) is 0.495. The Morgan fingerprint density at radius 3 is 2.64 bits per heavy atom. The average molecular weight is 400 g/mol. The van der Waals surface area contributed by atoms with E-state index >= 15 is 0 Å². The van der Waals surface area contributed by atoms with Gasteiger partial charge < -0.3 is 4.52 Å². The summed E-state index contributed by atoms with van der Waals surface area (Å²) in [6, 6.07) is 0.104. The second-order valence-corrected chi connectivity index (χ2v) is 8.71. The Morgan fingerprint density at radius 1 is 1.21 bits per heavy atom. The SMILES string of the molecule is CCc1noc(C(C)Sc2nc(C3CC3)nc3c2c(=O)[nH]c(=O)n3C2CC2)n1. The summed E-state index contributed by atoms with van der Waals surface area (Å²) < 4.78 is 6.97. The Hall–Kier alpha value is -2.49. The van der Waals surface area contributed by atoms with Gasteiger partial charge in [0.25, 0.3) is 5.56 Å². The molecule has 1 unspecified atom stereocenters. The fourth-order valence-electron chi connectivity index (χ4n) is 3.21. The molecule has 9 nitrogen and oxygen atoms in total. The summed E-state index contributed by atoms with van der Waals surface area (Å²) in [4.78, 5) is 41.3. The van der Waals surface area contributed by atoms with Crippen LogP contribution in [0.2, 0.25) is 0 Å². The first kappa shape index (κ1) is 17.6. The van der Waals surface area contributed by atoms with Crippen LogP contribution in [0.3, 0.4) is 0 Å². The zero-order valence-electron chi connectivity index (χ0n) is 15.6. The third-order valence-corrected chi connectivity index (χ3v) is 6.13. The summed E-state index contributed by atoms with van der Waals surface area (Å²) in [5, 5.41) is 4.69. The van der Waals surface area contributed by atoms with Gasteiger partial charge in [-0.3, -0.25) is 14.3 Å². The molecular weight excluding hydrogens is 380 g/mol. The summed E-state index contributed by atoms with van der Waals surface area (Å²) in [5.74, 6) is 2.15. The number of hydrogen-bond acceptors (Lipinski definition) is 8. The van der Waals surface area contributed by atoms with Gasteiger partial charge in [0, 0.05) is 18.4 Å². The van der Waals surface area contributed by atoms with Crippen molar-refractivity contribution in [3.05, 3.63) is 38.4 Å². The molecule has 28 heavy (non-hydrogen) atoms. The normalized spacial score (nSPS) is 17.9. The van der Waals surface area contributed by atoms with Gasteiger partial charge in [-0.2, -0.15) is 4.98 Å². The molecule has 5 rings (SSSR count). The van der Waals surface area contributed by atoms with E-state index in [4.69, 9.17) is 9.51 Å². The number of aromatic amines is 1. The maximum absolute atomic E-state index is 12.7. The second kappa shape index (κ2) is 6.54. The Morgan fingerprint density at radius 2 is 2.00 bits per heavy atom. The summed E-state index contributed by atoms with van der Waals surface area (Å²) >= 11 is 1.39. The van der Waals surface area contributed by atoms with Crippen molar-refractivity contribution in [2.24, 2.45) is 0 Å². The molecule has 3 aromatic heterocycles. The smallest absolute Gasteiger partial charge is 0.330 e. The lowest BCUT2D eigenvalue weighted by Gasteiger charge is -2.13. The number of hydrogen-bond donors (Lipinski definition) is 1. The van der Waals surface area contributed by atoms with Crippen LogP contribution in [0.15, 0.2) is 19.1 Å². The highest BCUT2D eigenvalue weighted by atomic mass is 32.2. The lowest BCUT2D eigenvalue weighted by Crippen LogP contribution is -2.31. The lowest BCUT2D eigenvalue weighted by molar-refractivity contribution is 0.375. The highest BCUT2D eigenvalue weighted by molar-refractivity contribution is 7.99. The number of aromatic nitrogens is 6. The van der Waals surface area contributed by atoms with Crippen molar-refractivity contribution < 1.29 is 4.52 Å². The summed E-state index contributed by atoms with van der Waals surface area (Å²) in [7, 11) is 0. The van der Waals surface area contributed by atoms with E-state index in [-0.39, 0.29) is 11.3 Å². The molecule has 0 spiro atoms. The molecule has 0 saturated heterocycles. The summed E-state index contributed by atoms with van der Waals surface area (Å²) in [6.07, 6.45) is 4.60. The van der Waals surface area contributed by atoms with E-state index in [0.29, 0.717) is 45.9 Å². The number of nitrogens with zero attached hydrogens (tertiary/aromatic N) is 5. The molecule has 2 saturated carbocycles. The van der Waals surface area contributed by atoms with Crippen LogP contribution in [-0.2, 0) is 6.42 Å². The molecule has 3 aromatic rings. The molecule has 2 aliphatic carbocycles. The first-order chi connectivity index (χ1) is 13.5. The summed E-state index contributed by atoms with van der Waals surface area (Å²) in [6.45, 7) is 3.90. The van der Waals surface area contributed by atoms with E-state index < -0.39 is 11.2 Å². The number of H-pyrrole nitrogens is 1. The predicted molar refractivity (Wildman–Crippen MR) is 103 cm³/mol. The Balaban J connectivity index is 1.65. The van der Waals surface area contributed by atoms with Crippen molar-refractivity contribution in [3.63, 3.8) is 0 Å². The van der Waals surface area contributed by atoms with E-state index in [1.165, 1.54) is 11.8 Å². The van der Waals surface area contributed by atoms with Crippen molar-refractivity contribution in [2.75, 3.05) is 0 Å². The highest BCUT2D eigenvalue weighted by Gasteiger charge is 2.32. The van der Waals surface area contributed by atoms with Crippen molar-refractivity contribution >= 4 is 22.8 Å². The van der Waals surface area contributed by atoms with E-state index in [9.17, 15) is 9.59 Å². The van der Waals surface area contributed by atoms with Crippen LogP contribution in [0.1, 0.15) is 74.3 Å². The van der Waals surface area contributed by atoms with Gasteiger partial charge in [-0.25, -0.2) is 14.8 Å². The van der Waals surface area contributed by atoms with Crippen LogP contribution in [0, 0.1) is 0 Å². The zero-order chi connectivity index (χ0) is 19.4. The van der Waals surface area contributed by atoms with Crippen LogP contribution in [0.5, 0.6) is 0 Å². The molecule has 0 amide bonds. The fourth-order valence-corrected chi connectivity index (χ4v) is 4.19. The van der Waals surface area contributed by atoms with Gasteiger partial charge in [0.1, 0.15) is 16.2 Å². The average Bonchev–Trinajstić information content (AvgIpc) is 3.59. The van der Waals surface area contributed by atoms with Crippen LogP contribution in [-0.4, -0.2) is 29.7 Å². The van der Waals surface area contributed by atoms with Gasteiger partial charge >= 0.3 is 5.69 Å². The third-order valence-electron chi connectivity index (χ3n) is 5.06. The molecule has 10 heteroatoms. The molecule has 3 heterocycles. The van der Waals surface area contributed by atoms with Crippen LogP contribution >= 0.6 is 11.8 Å². The van der Waals surface area contributed by atoms with Gasteiger partial charge in [0.2, 0.25) is 5.89 Å². The molecule has 2 fully saturated rings. The van der Waals surface area contributed by atoms with Crippen LogP contribution < -0.4 is 11.2 Å². The Kier molecular flexibility index (Phi) is 4.11. The molecule has 1 N–H and O–H groups in total. The molecule has 0 radical (unpaired) electrons. The third kappa shape index (κ3) is 3.05. The first-order valence-electron chi connectivity index (χ1n) is 9.60. The predicted octanol–water partition coefficient (Wildman–Crippen LogP) is 2.49. The van der Waals surface area contributed by atoms with Gasteiger partial charge in [-0.1, -0.05) is 23.8 Å². The van der Waals surface area contributed by atoms with E-state index in [1.54, 1.807) is 4.57 Å². The summed E-state index contributed by atoms with van der Waals surface area (Å²) in [5.41, 5.74) is -0.398. The van der Waals surface area contributed by atoms with Crippen LogP contribution in [0.25, 0.3) is 11.0 Å². The van der Waals surface area contributed by atoms with Gasteiger partial charge in [0.05, 0.1) is 5.25 Å². The first-order valence-corrected chi connectivity index (χ1v) is 10.5. The maximum Gasteiger partial charge on any atom is 0.330 e. The number of thioether (sulfide) groups is 1. The van der Waals surface area contributed by atoms with Crippen molar-refractivity contribution in [3.8, 4) is 0 Å². The number of fused-ring (bicyclic) bond motifs is 1. The largest absolute Gasteiger partial charge is 0.338 e. The fraction of sp³-hybridized carbons (Fsp3) is 0.556. The molecule has 0 aromatic carbocycles. The standard InChI is InChI=1S/C18H20N6O3S/c1-3-11-19-16(27-23-11)8(2)28-17-12-14(20-13(21-17)9-4-5-9)24(10-6-7-10)18(26)22-15(12)25/h8-10H,3-7H2,1-2H3,(H,22,25,26). The minimum absolute atomic E-state index is 0.104. The number of nitrogens with one attached hydrogen (secondary N) is 1. The molecular formula is C18H20N6O3S. The molecule has 146 valence electrons. The lowest BCUT2D eigenvalue weighted by atomic mass is 10.3. The minimum Gasteiger partial charge on any atom is -0.338 e. The van der Waals surface area contributed by atoms with E-state index in [2.05, 4.69) is 20.1 Å². The monoisotopic (exact) mass is 400 g/mol. The van der Waals surface area contributed by atoms with Crippen LogP contribution in [0.4, 0.5) is 0 Å². The Bertz CT molecular complexity index is 1170. The molecule has 0 bridgehead atoms. The van der Waals surface area contributed by atoms with E-state index in [0.717, 1.165) is 25.7 Å². The highest BCUT2D eigenvalue weighted by Crippen LogP contribution is 2.42. The maximum atomic E-state index is 12.7. The van der Waals surface area contributed by atoms with Crippen molar-refractivity contribution in [2.45, 2.75) is 68.2 Å². The molecule has 2 aliphatic rings. The van der Waals surface area contributed by atoms with Crippen molar-refractivity contribution in [1.82, 2.24) is 29.7 Å². The van der Waals surface area contributed by atoms with E-state index in [1.807, 2.05) is 13.8 Å². The minimum atomic E-state index is -0.450. The topological polar surface area (TPSA) is 120 Å².